The highest BCUT2D eigenvalue weighted by molar-refractivity contribution is 7.92. The lowest BCUT2D eigenvalue weighted by atomic mass is 10.1. The third kappa shape index (κ3) is 2.23. The number of nitrogens with zero attached hydrogens (tertiary/aromatic N) is 2. The molecule has 22 heavy (non-hydrogen) atoms. The number of hydrogen-bond acceptors (Lipinski definition) is 4. The van der Waals surface area contributed by atoms with E-state index in [4.69, 9.17) is 0 Å². The highest BCUT2D eigenvalue weighted by Crippen LogP contribution is 2.35. The second-order valence-corrected chi connectivity index (χ2v) is 6.33. The van der Waals surface area contributed by atoms with Crippen molar-refractivity contribution < 1.29 is 21.6 Å². The molecule has 0 aliphatic carbocycles. The van der Waals surface area contributed by atoms with E-state index in [0.717, 1.165) is 6.20 Å². The minimum absolute atomic E-state index is 0.108. The highest BCUT2D eigenvalue weighted by atomic mass is 32.2. The van der Waals surface area contributed by atoms with E-state index in [2.05, 4.69) is 15.2 Å². The minimum atomic E-state index is -5.53. The molecule has 1 N–H and O–H groups in total. The highest BCUT2D eigenvalue weighted by Gasteiger charge is 2.49. The van der Waals surface area contributed by atoms with E-state index in [-0.39, 0.29) is 5.56 Å². The first-order chi connectivity index (χ1) is 10.3. The summed E-state index contributed by atoms with van der Waals surface area (Å²) in [6.07, 6.45) is 2.51. The van der Waals surface area contributed by atoms with Gasteiger partial charge in [-0.1, -0.05) is 6.07 Å². The third-order valence-corrected chi connectivity index (χ3v) is 4.53. The number of rotatable bonds is 2. The van der Waals surface area contributed by atoms with Crippen LogP contribution in [0.5, 0.6) is 0 Å². The lowest BCUT2D eigenvalue weighted by Gasteiger charge is -2.11. The maximum atomic E-state index is 12.8. The quantitative estimate of drug-likeness (QED) is 0.785. The predicted octanol–water partition coefficient (Wildman–Crippen LogP) is 2.92. The Balaban J connectivity index is 2.24. The number of benzene rings is 1. The van der Waals surface area contributed by atoms with Crippen LogP contribution in [0.15, 0.2) is 47.8 Å². The van der Waals surface area contributed by atoms with Crippen LogP contribution >= 0.6 is 0 Å². The van der Waals surface area contributed by atoms with Gasteiger partial charge < -0.3 is 0 Å². The van der Waals surface area contributed by atoms with Crippen LogP contribution in [0, 0.1) is 0 Å². The number of fused-ring (bicyclic) bond motifs is 1. The Morgan fingerprint density at radius 3 is 2.64 bits per heavy atom. The van der Waals surface area contributed by atoms with Crippen molar-refractivity contribution in [2.24, 2.45) is 0 Å². The Hall–Kier alpha value is -2.42. The molecular weight excluding hydrogens is 319 g/mol. The largest absolute Gasteiger partial charge is 0.503 e. The van der Waals surface area contributed by atoms with E-state index >= 15 is 0 Å². The van der Waals surface area contributed by atoms with Crippen LogP contribution in [0.3, 0.4) is 0 Å². The summed E-state index contributed by atoms with van der Waals surface area (Å²) in [7, 11) is -5.53. The first kappa shape index (κ1) is 14.5. The van der Waals surface area contributed by atoms with Crippen molar-refractivity contribution in [3.05, 3.63) is 42.7 Å². The van der Waals surface area contributed by atoms with E-state index in [1.165, 1.54) is 24.4 Å². The average molecular weight is 327 g/mol. The molecule has 0 saturated heterocycles. The van der Waals surface area contributed by atoms with Gasteiger partial charge in [0, 0.05) is 17.1 Å². The molecular formula is C13H8F3N3O2S. The molecule has 114 valence electrons. The van der Waals surface area contributed by atoms with Gasteiger partial charge in [-0.05, 0) is 29.8 Å². The average Bonchev–Trinajstić information content (AvgIpc) is 2.93. The Morgan fingerprint density at radius 1 is 1.14 bits per heavy atom. The van der Waals surface area contributed by atoms with Crippen molar-refractivity contribution in [1.82, 2.24) is 15.2 Å². The van der Waals surface area contributed by atoms with Crippen LogP contribution in [0.2, 0.25) is 0 Å². The molecule has 0 radical (unpaired) electrons. The van der Waals surface area contributed by atoms with Crippen LogP contribution in [0.4, 0.5) is 13.2 Å². The fraction of sp³-hybridized carbons (Fsp3) is 0.0769. The van der Waals surface area contributed by atoms with Gasteiger partial charge in [-0.25, -0.2) is 13.4 Å². The van der Waals surface area contributed by atoms with Gasteiger partial charge in [0.15, 0.2) is 5.03 Å². The van der Waals surface area contributed by atoms with Gasteiger partial charge in [0.2, 0.25) is 0 Å². The molecule has 0 bridgehead atoms. The van der Waals surface area contributed by atoms with Crippen molar-refractivity contribution in [3.63, 3.8) is 0 Å². The van der Waals surface area contributed by atoms with Crippen LogP contribution in [-0.4, -0.2) is 29.1 Å². The van der Waals surface area contributed by atoms with Crippen molar-refractivity contribution in [2.75, 3.05) is 0 Å². The van der Waals surface area contributed by atoms with E-state index in [0.29, 0.717) is 16.5 Å². The van der Waals surface area contributed by atoms with Gasteiger partial charge >= 0.3 is 5.51 Å². The first-order valence-corrected chi connectivity index (χ1v) is 7.49. The summed E-state index contributed by atoms with van der Waals surface area (Å²) >= 11 is 0. The molecule has 0 aliphatic rings. The maximum Gasteiger partial charge on any atom is 0.503 e. The number of hydrogen-bond donors (Lipinski definition) is 1. The van der Waals surface area contributed by atoms with Crippen molar-refractivity contribution >= 4 is 20.7 Å². The van der Waals surface area contributed by atoms with Crippen LogP contribution in [-0.2, 0) is 9.84 Å². The normalized spacial score (nSPS) is 12.7. The van der Waals surface area contributed by atoms with Crippen LogP contribution < -0.4 is 0 Å². The maximum absolute atomic E-state index is 12.8. The number of H-pyrrole nitrogens is 1. The number of aromatic nitrogens is 3. The number of sulfone groups is 1. The van der Waals surface area contributed by atoms with E-state index in [1.54, 1.807) is 12.1 Å². The van der Waals surface area contributed by atoms with Gasteiger partial charge in [0.1, 0.15) is 0 Å². The summed E-state index contributed by atoms with van der Waals surface area (Å²) < 4.78 is 61.6. The zero-order chi connectivity index (χ0) is 16.0. The fourth-order valence-corrected chi connectivity index (χ4v) is 2.94. The number of aromatic amines is 1. The summed E-state index contributed by atoms with van der Waals surface area (Å²) in [4.78, 5) is 3.43. The van der Waals surface area contributed by atoms with E-state index < -0.39 is 20.4 Å². The Morgan fingerprint density at radius 2 is 1.91 bits per heavy atom. The molecule has 1 aromatic carbocycles. The Kier molecular flexibility index (Phi) is 3.17. The molecule has 3 aromatic rings. The lowest BCUT2D eigenvalue weighted by molar-refractivity contribution is -0.0437. The summed E-state index contributed by atoms with van der Waals surface area (Å²) in [6, 6.07) is 7.32. The molecule has 0 spiro atoms. The van der Waals surface area contributed by atoms with Crippen LogP contribution in [0.1, 0.15) is 0 Å². The van der Waals surface area contributed by atoms with Crippen molar-refractivity contribution in [2.45, 2.75) is 10.5 Å². The molecule has 2 aromatic heterocycles. The molecule has 0 amide bonds. The summed E-state index contributed by atoms with van der Waals surface area (Å²) in [5.74, 6) is 0. The van der Waals surface area contributed by atoms with Gasteiger partial charge in [-0.3, -0.25) is 5.10 Å². The van der Waals surface area contributed by atoms with Gasteiger partial charge in [-0.15, -0.1) is 0 Å². The van der Waals surface area contributed by atoms with Gasteiger partial charge in [0.25, 0.3) is 9.84 Å². The standard InChI is InChI=1S/C13H8F3N3O2S/c14-13(15,16)22(20,21)12-10(2-1-5-17-12)8-3-4-11-9(6-8)7-18-19-11/h1-7H,(H,18,19). The first-order valence-electron chi connectivity index (χ1n) is 6.00. The molecule has 0 saturated carbocycles. The number of pyridine rings is 1. The van der Waals surface area contributed by atoms with Gasteiger partial charge in [-0.2, -0.15) is 18.3 Å². The number of nitrogens with one attached hydrogen (secondary N) is 1. The lowest BCUT2D eigenvalue weighted by Crippen LogP contribution is -2.24. The Bertz CT molecular complexity index is 948. The topological polar surface area (TPSA) is 75.7 Å². The zero-order valence-corrected chi connectivity index (χ0v) is 11.6. The van der Waals surface area contributed by atoms with Crippen LogP contribution in [0.25, 0.3) is 22.0 Å². The summed E-state index contributed by atoms with van der Waals surface area (Å²) in [5, 5.41) is 6.15. The molecule has 0 atom stereocenters. The summed E-state index contributed by atoms with van der Waals surface area (Å²) in [5.41, 5.74) is -4.52. The molecule has 0 aliphatic heterocycles. The molecule has 2 heterocycles. The third-order valence-electron chi connectivity index (χ3n) is 3.08. The molecule has 9 heteroatoms. The molecule has 5 nitrogen and oxygen atoms in total. The Labute approximate surface area is 122 Å². The second kappa shape index (κ2) is 4.80. The molecule has 0 fully saturated rings. The smallest absolute Gasteiger partial charge is 0.278 e. The minimum Gasteiger partial charge on any atom is -0.278 e. The zero-order valence-electron chi connectivity index (χ0n) is 10.8. The monoisotopic (exact) mass is 327 g/mol. The fourth-order valence-electron chi connectivity index (χ4n) is 2.04. The summed E-state index contributed by atoms with van der Waals surface area (Å²) in [6.45, 7) is 0. The van der Waals surface area contributed by atoms with E-state index in [1.807, 2.05) is 0 Å². The SMILES string of the molecule is O=S(=O)(c1ncccc1-c1ccc2[nH]ncc2c1)C(F)(F)F. The van der Waals surface area contributed by atoms with Gasteiger partial charge in [0.05, 0.1) is 11.7 Å². The molecule has 3 rings (SSSR count). The van der Waals surface area contributed by atoms with Crippen molar-refractivity contribution in [3.8, 4) is 11.1 Å². The second-order valence-electron chi connectivity index (χ2n) is 4.48. The van der Waals surface area contributed by atoms with E-state index in [9.17, 15) is 21.6 Å². The molecule has 0 unspecified atom stereocenters. The number of halogens is 3. The van der Waals surface area contributed by atoms with Crippen molar-refractivity contribution in [1.29, 1.82) is 0 Å². The predicted molar refractivity (Wildman–Crippen MR) is 72.6 cm³/mol. The number of alkyl halides is 3.